The zero-order chi connectivity index (χ0) is 17.8. The van der Waals surface area contributed by atoms with Crippen LogP contribution in [-0.2, 0) is 17.8 Å². The van der Waals surface area contributed by atoms with Gasteiger partial charge in [-0.25, -0.2) is 4.39 Å². The highest BCUT2D eigenvalue weighted by Gasteiger charge is 2.21. The van der Waals surface area contributed by atoms with Gasteiger partial charge in [0.25, 0.3) is 0 Å². The molecule has 2 aromatic carbocycles. The zero-order valence-electron chi connectivity index (χ0n) is 13.7. The molecule has 3 nitrogen and oxygen atoms in total. The summed E-state index contributed by atoms with van der Waals surface area (Å²) in [7, 11) is 0. The van der Waals surface area contributed by atoms with Crippen LogP contribution < -0.4 is 0 Å². The first-order valence-corrected chi connectivity index (χ1v) is 9.78. The van der Waals surface area contributed by atoms with E-state index in [9.17, 15) is 9.18 Å². The first-order valence-electron chi connectivity index (χ1n) is 8.20. The van der Waals surface area contributed by atoms with Gasteiger partial charge in [-0.05, 0) is 67.3 Å². The van der Waals surface area contributed by atoms with Crippen LogP contribution in [0.1, 0.15) is 11.1 Å². The van der Waals surface area contributed by atoms with E-state index in [-0.39, 0.29) is 11.7 Å². The summed E-state index contributed by atoms with van der Waals surface area (Å²) in [5.41, 5.74) is 2.11. The number of amides is 1. The lowest BCUT2D eigenvalue weighted by Crippen LogP contribution is -2.48. The standard InChI is InChI=1S/C19H19Br2FN2O/c20-17-6-3-15(11-18(17)21)13-23-7-9-24(10-8-23)19(25)12-14-1-4-16(22)5-2-14/h1-6,11H,7-10,12-13H2. The van der Waals surface area contributed by atoms with Crippen molar-refractivity contribution in [2.24, 2.45) is 0 Å². The normalized spacial score (nSPS) is 15.4. The van der Waals surface area contributed by atoms with Crippen LogP contribution in [0.25, 0.3) is 0 Å². The van der Waals surface area contributed by atoms with Crippen LogP contribution in [0.3, 0.4) is 0 Å². The highest BCUT2D eigenvalue weighted by atomic mass is 79.9. The van der Waals surface area contributed by atoms with Crippen molar-refractivity contribution < 1.29 is 9.18 Å². The molecule has 0 atom stereocenters. The lowest BCUT2D eigenvalue weighted by molar-refractivity contribution is -0.132. The summed E-state index contributed by atoms with van der Waals surface area (Å²) < 4.78 is 15.0. The Labute approximate surface area is 164 Å². The van der Waals surface area contributed by atoms with Crippen molar-refractivity contribution in [1.82, 2.24) is 9.80 Å². The molecule has 1 aliphatic rings. The van der Waals surface area contributed by atoms with Crippen molar-refractivity contribution in [2.45, 2.75) is 13.0 Å². The molecule has 1 saturated heterocycles. The Morgan fingerprint density at radius 2 is 1.56 bits per heavy atom. The van der Waals surface area contributed by atoms with Gasteiger partial charge in [-0.2, -0.15) is 0 Å². The van der Waals surface area contributed by atoms with Crippen LogP contribution in [0.15, 0.2) is 51.4 Å². The van der Waals surface area contributed by atoms with Crippen molar-refractivity contribution >= 4 is 37.8 Å². The Hall–Kier alpha value is -1.24. The predicted octanol–water partition coefficient (Wildman–Crippen LogP) is 4.24. The van der Waals surface area contributed by atoms with E-state index in [1.54, 1.807) is 12.1 Å². The Morgan fingerprint density at radius 1 is 0.920 bits per heavy atom. The highest BCUT2D eigenvalue weighted by molar-refractivity contribution is 9.13. The topological polar surface area (TPSA) is 23.6 Å². The molecule has 1 amide bonds. The van der Waals surface area contributed by atoms with Crippen LogP contribution in [0, 0.1) is 5.82 Å². The second kappa shape index (κ2) is 8.43. The fourth-order valence-corrected chi connectivity index (χ4v) is 3.61. The molecule has 1 aliphatic heterocycles. The maximum atomic E-state index is 12.9. The summed E-state index contributed by atoms with van der Waals surface area (Å²) in [6.45, 7) is 4.08. The van der Waals surface area contributed by atoms with Crippen LogP contribution in [0.5, 0.6) is 0 Å². The fourth-order valence-electron chi connectivity index (χ4n) is 2.94. The van der Waals surface area contributed by atoms with E-state index in [1.807, 2.05) is 11.0 Å². The number of hydrogen-bond donors (Lipinski definition) is 0. The van der Waals surface area contributed by atoms with Gasteiger partial charge in [0.1, 0.15) is 5.82 Å². The molecule has 1 heterocycles. The minimum absolute atomic E-state index is 0.109. The molecule has 0 saturated carbocycles. The van der Waals surface area contributed by atoms with Crippen LogP contribution >= 0.6 is 31.9 Å². The number of rotatable bonds is 4. The molecule has 0 N–H and O–H groups in total. The van der Waals surface area contributed by atoms with Gasteiger partial charge in [0.2, 0.25) is 5.91 Å². The van der Waals surface area contributed by atoms with E-state index < -0.39 is 0 Å². The average molecular weight is 470 g/mol. The Kier molecular flexibility index (Phi) is 6.25. The van der Waals surface area contributed by atoms with E-state index in [0.717, 1.165) is 47.2 Å². The molecule has 25 heavy (non-hydrogen) atoms. The SMILES string of the molecule is O=C(Cc1ccc(F)cc1)N1CCN(Cc2ccc(Br)c(Br)c2)CC1. The maximum Gasteiger partial charge on any atom is 0.227 e. The summed E-state index contributed by atoms with van der Waals surface area (Å²) in [5.74, 6) is -0.165. The molecule has 3 rings (SSSR count). The van der Waals surface area contributed by atoms with Gasteiger partial charge >= 0.3 is 0 Å². The molecule has 0 radical (unpaired) electrons. The average Bonchev–Trinajstić information content (AvgIpc) is 2.61. The smallest absolute Gasteiger partial charge is 0.227 e. The third-order valence-electron chi connectivity index (χ3n) is 4.38. The van der Waals surface area contributed by atoms with Crippen molar-refractivity contribution in [1.29, 1.82) is 0 Å². The summed E-state index contributed by atoms with van der Waals surface area (Å²) in [5, 5.41) is 0. The number of carbonyl (C=O) groups is 1. The fraction of sp³-hybridized carbons (Fsp3) is 0.316. The van der Waals surface area contributed by atoms with Crippen molar-refractivity contribution in [3.8, 4) is 0 Å². The Balaban J connectivity index is 1.50. The van der Waals surface area contributed by atoms with E-state index in [2.05, 4.69) is 48.9 Å². The number of hydrogen-bond acceptors (Lipinski definition) is 2. The third-order valence-corrected chi connectivity index (χ3v) is 6.26. The predicted molar refractivity (Wildman–Crippen MR) is 104 cm³/mol. The maximum absolute atomic E-state index is 12.9. The van der Waals surface area contributed by atoms with Crippen molar-refractivity contribution in [3.05, 3.63) is 68.4 Å². The summed E-state index contributed by atoms with van der Waals surface area (Å²) >= 11 is 7.02. The quantitative estimate of drug-likeness (QED) is 0.668. The summed E-state index contributed by atoms with van der Waals surface area (Å²) in [6, 6.07) is 12.4. The van der Waals surface area contributed by atoms with Crippen LogP contribution in [0.4, 0.5) is 4.39 Å². The molecular weight excluding hydrogens is 451 g/mol. The first kappa shape index (κ1) is 18.5. The van der Waals surface area contributed by atoms with Gasteiger partial charge in [0, 0.05) is 41.7 Å². The molecular formula is C19H19Br2FN2O. The van der Waals surface area contributed by atoms with E-state index >= 15 is 0 Å². The van der Waals surface area contributed by atoms with Crippen LogP contribution in [-0.4, -0.2) is 41.9 Å². The van der Waals surface area contributed by atoms with Gasteiger partial charge in [0.15, 0.2) is 0 Å². The molecule has 0 aromatic heterocycles. The van der Waals surface area contributed by atoms with Gasteiger partial charge in [-0.1, -0.05) is 18.2 Å². The number of halogens is 3. The second-order valence-corrected chi connectivity index (χ2v) is 7.92. The van der Waals surface area contributed by atoms with Crippen molar-refractivity contribution in [2.75, 3.05) is 26.2 Å². The molecule has 132 valence electrons. The largest absolute Gasteiger partial charge is 0.340 e. The third kappa shape index (κ3) is 5.12. The number of piperazine rings is 1. The van der Waals surface area contributed by atoms with E-state index in [0.29, 0.717) is 6.42 Å². The minimum Gasteiger partial charge on any atom is -0.340 e. The van der Waals surface area contributed by atoms with E-state index in [1.165, 1.54) is 17.7 Å². The molecule has 0 unspecified atom stereocenters. The van der Waals surface area contributed by atoms with Crippen molar-refractivity contribution in [3.63, 3.8) is 0 Å². The molecule has 0 aliphatic carbocycles. The molecule has 0 bridgehead atoms. The molecule has 1 fully saturated rings. The lowest BCUT2D eigenvalue weighted by atomic mass is 10.1. The summed E-state index contributed by atoms with van der Waals surface area (Å²) in [6.07, 6.45) is 0.333. The van der Waals surface area contributed by atoms with Gasteiger partial charge < -0.3 is 4.90 Å². The number of carbonyl (C=O) groups excluding carboxylic acids is 1. The van der Waals surface area contributed by atoms with Gasteiger partial charge in [0.05, 0.1) is 6.42 Å². The molecule has 2 aromatic rings. The monoisotopic (exact) mass is 468 g/mol. The molecule has 6 heteroatoms. The minimum atomic E-state index is -0.274. The zero-order valence-corrected chi connectivity index (χ0v) is 16.9. The molecule has 0 spiro atoms. The Morgan fingerprint density at radius 3 is 2.20 bits per heavy atom. The highest BCUT2D eigenvalue weighted by Crippen LogP contribution is 2.24. The van der Waals surface area contributed by atoms with E-state index in [4.69, 9.17) is 0 Å². The summed E-state index contributed by atoms with van der Waals surface area (Å²) in [4.78, 5) is 16.7. The lowest BCUT2D eigenvalue weighted by Gasteiger charge is -2.35. The van der Waals surface area contributed by atoms with Gasteiger partial charge in [-0.15, -0.1) is 0 Å². The van der Waals surface area contributed by atoms with Crippen LogP contribution in [0.2, 0.25) is 0 Å². The van der Waals surface area contributed by atoms with Gasteiger partial charge in [-0.3, -0.25) is 9.69 Å². The number of benzene rings is 2. The number of nitrogens with zero attached hydrogens (tertiary/aromatic N) is 2. The first-order chi connectivity index (χ1) is 12.0. The Bertz CT molecular complexity index is 744. The second-order valence-electron chi connectivity index (χ2n) is 6.21.